The number of allylic oxidation sites excluding steroid dienone is 1. The van der Waals surface area contributed by atoms with E-state index in [0.717, 1.165) is 45.1 Å². The van der Waals surface area contributed by atoms with Crippen LogP contribution < -0.4 is 0 Å². The van der Waals surface area contributed by atoms with E-state index in [0.29, 0.717) is 5.92 Å². The maximum atomic E-state index is 5.66. The van der Waals surface area contributed by atoms with Crippen LogP contribution >= 0.6 is 0 Å². The average molecular weight is 382 g/mol. The molecule has 1 saturated heterocycles. The molecule has 1 nitrogen and oxygen atoms in total. The predicted octanol–water partition coefficient (Wildman–Crippen LogP) is 5.42. The van der Waals surface area contributed by atoms with Gasteiger partial charge in [-0.3, -0.25) is 0 Å². The Hall–Kier alpha value is -2.40. The standard InChI is InChI=1S/C27H33BN/c1-6-7-27-22(4)26(13-12-25(27)14-15-28-5)17-24-18-29(19-24)21(3)16-23-10-8-20(2)9-11-23/h1,8-13,24H,3,7,14-19H2,2,4-5H3. The molecule has 1 radical (unpaired) electrons. The molecular formula is C27H33BN. The van der Waals surface area contributed by atoms with Gasteiger partial charge in [-0.25, -0.2) is 0 Å². The number of nitrogens with zero attached hydrogens (tertiary/aromatic N) is 1. The first-order valence-electron chi connectivity index (χ1n) is 10.8. The van der Waals surface area contributed by atoms with Crippen molar-refractivity contribution in [3.63, 3.8) is 0 Å². The topological polar surface area (TPSA) is 3.24 Å². The Morgan fingerprint density at radius 3 is 2.48 bits per heavy atom. The van der Waals surface area contributed by atoms with Crippen LogP contribution in [-0.4, -0.2) is 25.3 Å². The largest absolute Gasteiger partial charge is 0.374 e. The van der Waals surface area contributed by atoms with E-state index in [1.807, 2.05) is 0 Å². The molecule has 0 N–H and O–H groups in total. The van der Waals surface area contributed by atoms with Gasteiger partial charge < -0.3 is 4.90 Å². The Labute approximate surface area is 178 Å². The van der Waals surface area contributed by atoms with Gasteiger partial charge in [-0.1, -0.05) is 61.7 Å². The van der Waals surface area contributed by atoms with Crippen LogP contribution in [0.15, 0.2) is 48.7 Å². The Kier molecular flexibility index (Phi) is 7.26. The van der Waals surface area contributed by atoms with Gasteiger partial charge in [-0.2, -0.15) is 0 Å². The maximum absolute atomic E-state index is 5.66. The fraction of sp³-hybridized carbons (Fsp3) is 0.407. The van der Waals surface area contributed by atoms with Gasteiger partial charge in [0.05, 0.1) is 0 Å². The van der Waals surface area contributed by atoms with Crippen molar-refractivity contribution in [3.05, 3.63) is 82.1 Å². The molecule has 149 valence electrons. The number of aryl methyl sites for hydroxylation is 2. The van der Waals surface area contributed by atoms with Crippen LogP contribution in [0.5, 0.6) is 0 Å². The summed E-state index contributed by atoms with van der Waals surface area (Å²) in [6.07, 6.45) is 10.7. The summed E-state index contributed by atoms with van der Waals surface area (Å²) in [7, 11) is 2.23. The van der Waals surface area contributed by atoms with Crippen molar-refractivity contribution in [2.45, 2.75) is 52.7 Å². The minimum Gasteiger partial charge on any atom is -0.374 e. The van der Waals surface area contributed by atoms with Gasteiger partial charge in [0.25, 0.3) is 0 Å². The number of benzene rings is 2. The van der Waals surface area contributed by atoms with Crippen molar-refractivity contribution < 1.29 is 0 Å². The SMILES string of the molecule is C#CCc1c(CC[B]C)ccc(CC2CN(C(=C)Cc3ccc(C)cc3)C2)c1C. The highest BCUT2D eigenvalue weighted by atomic mass is 15.2. The minimum absolute atomic E-state index is 0.706. The molecular weight excluding hydrogens is 349 g/mol. The lowest BCUT2D eigenvalue weighted by Crippen LogP contribution is -2.46. The Balaban J connectivity index is 1.58. The molecule has 29 heavy (non-hydrogen) atoms. The second kappa shape index (κ2) is 9.88. The molecule has 1 aliphatic rings. The number of hydrogen-bond acceptors (Lipinski definition) is 1. The third-order valence-electron chi connectivity index (χ3n) is 6.23. The van der Waals surface area contributed by atoms with Crippen molar-refractivity contribution in [1.29, 1.82) is 0 Å². The van der Waals surface area contributed by atoms with E-state index in [4.69, 9.17) is 6.42 Å². The van der Waals surface area contributed by atoms with Gasteiger partial charge >= 0.3 is 0 Å². The van der Waals surface area contributed by atoms with E-state index in [1.165, 1.54) is 39.1 Å². The monoisotopic (exact) mass is 382 g/mol. The Morgan fingerprint density at radius 2 is 1.83 bits per heavy atom. The second-order valence-corrected chi connectivity index (χ2v) is 8.52. The summed E-state index contributed by atoms with van der Waals surface area (Å²) in [5, 5.41) is 0. The molecule has 2 heteroatoms. The van der Waals surface area contributed by atoms with E-state index in [-0.39, 0.29) is 0 Å². The molecule has 0 unspecified atom stereocenters. The van der Waals surface area contributed by atoms with Crippen LogP contribution in [0.1, 0.15) is 33.4 Å². The highest BCUT2D eigenvalue weighted by Gasteiger charge is 2.28. The Bertz CT molecular complexity index is 882. The lowest BCUT2D eigenvalue weighted by atomic mass is 9.74. The number of rotatable bonds is 9. The van der Waals surface area contributed by atoms with Gasteiger partial charge in [-0.05, 0) is 60.4 Å². The van der Waals surface area contributed by atoms with E-state index in [1.54, 1.807) is 0 Å². The molecule has 1 fully saturated rings. The summed E-state index contributed by atoms with van der Waals surface area (Å²) in [4.78, 5) is 2.44. The van der Waals surface area contributed by atoms with Crippen LogP contribution in [0, 0.1) is 32.1 Å². The summed E-state index contributed by atoms with van der Waals surface area (Å²) in [5.41, 5.74) is 9.57. The quantitative estimate of drug-likeness (QED) is 0.413. The van der Waals surface area contributed by atoms with E-state index >= 15 is 0 Å². The van der Waals surface area contributed by atoms with E-state index in [9.17, 15) is 0 Å². The molecule has 2 aromatic carbocycles. The van der Waals surface area contributed by atoms with Gasteiger partial charge in [0.1, 0.15) is 7.28 Å². The summed E-state index contributed by atoms with van der Waals surface area (Å²) in [5.74, 6) is 3.57. The molecule has 1 aliphatic heterocycles. The molecule has 0 aliphatic carbocycles. The Morgan fingerprint density at radius 1 is 1.14 bits per heavy atom. The molecule has 0 spiro atoms. The van der Waals surface area contributed by atoms with Crippen molar-refractivity contribution in [1.82, 2.24) is 4.90 Å². The van der Waals surface area contributed by atoms with E-state index < -0.39 is 0 Å². The summed E-state index contributed by atoms with van der Waals surface area (Å²) in [6, 6.07) is 13.4. The van der Waals surface area contributed by atoms with Crippen LogP contribution in [0.2, 0.25) is 13.1 Å². The fourth-order valence-electron chi connectivity index (χ4n) is 4.29. The maximum Gasteiger partial charge on any atom is 0.106 e. The summed E-state index contributed by atoms with van der Waals surface area (Å²) < 4.78 is 0. The van der Waals surface area contributed by atoms with Crippen molar-refractivity contribution >= 4 is 7.28 Å². The smallest absolute Gasteiger partial charge is 0.106 e. The molecule has 2 aromatic rings. The average Bonchev–Trinajstić information content (AvgIpc) is 2.67. The molecule has 1 heterocycles. The van der Waals surface area contributed by atoms with Crippen molar-refractivity contribution in [2.24, 2.45) is 5.92 Å². The molecule has 0 aromatic heterocycles. The fourth-order valence-corrected chi connectivity index (χ4v) is 4.29. The van der Waals surface area contributed by atoms with Crippen LogP contribution in [0.25, 0.3) is 0 Å². The normalized spacial score (nSPS) is 13.7. The predicted molar refractivity (Wildman–Crippen MR) is 127 cm³/mol. The third-order valence-corrected chi connectivity index (χ3v) is 6.23. The molecule has 0 amide bonds. The van der Waals surface area contributed by atoms with Crippen molar-refractivity contribution in [2.75, 3.05) is 13.1 Å². The van der Waals surface area contributed by atoms with Gasteiger partial charge in [0, 0.05) is 31.6 Å². The first kappa shape index (κ1) is 21.3. The second-order valence-electron chi connectivity index (χ2n) is 8.52. The van der Waals surface area contributed by atoms with Crippen LogP contribution in [0.3, 0.4) is 0 Å². The van der Waals surface area contributed by atoms with Crippen molar-refractivity contribution in [3.8, 4) is 12.3 Å². The first-order chi connectivity index (χ1) is 14.0. The number of terminal acetylenes is 1. The summed E-state index contributed by atoms with van der Waals surface area (Å²) in [6.45, 7) is 13.1. The van der Waals surface area contributed by atoms with Gasteiger partial charge in [0.15, 0.2) is 0 Å². The molecule has 3 rings (SSSR count). The number of likely N-dealkylation sites (tertiary alicyclic amines) is 1. The zero-order chi connectivity index (χ0) is 20.8. The minimum atomic E-state index is 0.706. The van der Waals surface area contributed by atoms with Crippen LogP contribution in [0.4, 0.5) is 0 Å². The number of hydrogen-bond donors (Lipinski definition) is 0. The highest BCUT2D eigenvalue weighted by molar-refractivity contribution is 6.33. The lowest BCUT2D eigenvalue weighted by molar-refractivity contribution is 0.140. The van der Waals surface area contributed by atoms with E-state index in [2.05, 4.69) is 81.7 Å². The zero-order valence-electron chi connectivity index (χ0n) is 18.3. The van der Waals surface area contributed by atoms with Gasteiger partial charge in [-0.15, -0.1) is 12.3 Å². The molecule has 0 bridgehead atoms. The highest BCUT2D eigenvalue weighted by Crippen LogP contribution is 2.29. The zero-order valence-corrected chi connectivity index (χ0v) is 18.3. The lowest BCUT2D eigenvalue weighted by Gasteiger charge is -2.42. The third kappa shape index (κ3) is 5.36. The summed E-state index contributed by atoms with van der Waals surface area (Å²) >= 11 is 0. The first-order valence-corrected chi connectivity index (χ1v) is 10.8. The van der Waals surface area contributed by atoms with Crippen LogP contribution in [-0.2, 0) is 25.7 Å². The van der Waals surface area contributed by atoms with Gasteiger partial charge in [0.2, 0.25) is 0 Å². The molecule has 0 atom stereocenters. The molecule has 0 saturated carbocycles.